The molecule has 0 aliphatic rings. The molecule has 2 rings (SSSR count). The summed E-state index contributed by atoms with van der Waals surface area (Å²) in [6.07, 6.45) is 0. The quantitative estimate of drug-likeness (QED) is 0.513. The third-order valence-corrected chi connectivity index (χ3v) is 1.95. The molecule has 3 nitrogen and oxygen atoms in total. The topological polar surface area (TPSA) is 63.0 Å². The van der Waals surface area contributed by atoms with E-state index in [0.29, 0.717) is 0 Å². The van der Waals surface area contributed by atoms with Crippen LogP contribution >= 0.6 is 0 Å². The number of nitrogens with two attached hydrogens (primary N) is 1. The molecule has 1 aromatic heterocycles. The van der Waals surface area contributed by atoms with Crippen LogP contribution in [0.2, 0.25) is 0 Å². The van der Waals surface area contributed by atoms with Crippen molar-refractivity contribution in [3.63, 3.8) is 0 Å². The zero-order chi connectivity index (χ0) is 9.42. The van der Waals surface area contributed by atoms with E-state index in [1.807, 2.05) is 25.1 Å². The van der Waals surface area contributed by atoms with Crippen LogP contribution < -0.4 is 5.73 Å². The number of rotatable bonds is 1. The monoisotopic (exact) mass is 174 g/mol. The second-order valence-electron chi connectivity index (χ2n) is 3.02. The van der Waals surface area contributed by atoms with Gasteiger partial charge in [0.1, 0.15) is 17.2 Å². The summed E-state index contributed by atoms with van der Waals surface area (Å²) in [7, 11) is 0. The van der Waals surface area contributed by atoms with Crippen molar-refractivity contribution in [2.75, 3.05) is 0 Å². The molecule has 3 N–H and O–H groups in total. The Balaban J connectivity index is 2.67. The van der Waals surface area contributed by atoms with Gasteiger partial charge in [-0.05, 0) is 31.2 Å². The molecule has 0 spiro atoms. The minimum atomic E-state index is 0.0840. The lowest BCUT2D eigenvalue weighted by molar-refractivity contribution is 0.578. The number of benzene rings is 1. The third kappa shape index (κ3) is 1.28. The van der Waals surface area contributed by atoms with Crippen molar-refractivity contribution >= 4 is 16.8 Å². The van der Waals surface area contributed by atoms with E-state index in [9.17, 15) is 0 Å². The highest BCUT2D eigenvalue weighted by molar-refractivity contribution is 5.98. The van der Waals surface area contributed by atoms with Gasteiger partial charge in [-0.25, -0.2) is 0 Å². The summed E-state index contributed by atoms with van der Waals surface area (Å²) in [6, 6.07) is 7.41. The summed E-state index contributed by atoms with van der Waals surface area (Å²) < 4.78 is 5.39. The highest BCUT2D eigenvalue weighted by atomic mass is 16.3. The number of aryl methyl sites for hydroxylation is 1. The van der Waals surface area contributed by atoms with E-state index in [-0.39, 0.29) is 5.84 Å². The Morgan fingerprint density at radius 3 is 2.85 bits per heavy atom. The molecule has 0 radical (unpaired) electrons. The van der Waals surface area contributed by atoms with E-state index in [1.165, 1.54) is 0 Å². The predicted octanol–water partition coefficient (Wildman–Crippen LogP) is 2.03. The van der Waals surface area contributed by atoms with E-state index < -0.39 is 0 Å². The van der Waals surface area contributed by atoms with Gasteiger partial charge in [-0.1, -0.05) is 0 Å². The van der Waals surface area contributed by atoms with Crippen LogP contribution in [0.1, 0.15) is 11.3 Å². The highest BCUT2D eigenvalue weighted by Crippen LogP contribution is 2.19. The SMILES string of the molecule is Cc1cc2cc(C(=N)N)ccc2o1. The summed E-state index contributed by atoms with van der Waals surface area (Å²) in [5.41, 5.74) is 6.93. The van der Waals surface area contributed by atoms with Crippen LogP contribution in [-0.2, 0) is 0 Å². The van der Waals surface area contributed by atoms with Crippen molar-refractivity contribution in [3.05, 3.63) is 35.6 Å². The first-order chi connectivity index (χ1) is 6.16. The molecule has 0 unspecified atom stereocenters. The number of hydrogen-bond acceptors (Lipinski definition) is 2. The Hall–Kier alpha value is -1.77. The molecule has 66 valence electrons. The molecule has 1 aromatic carbocycles. The van der Waals surface area contributed by atoms with E-state index in [4.69, 9.17) is 15.6 Å². The fourth-order valence-electron chi connectivity index (χ4n) is 1.34. The first kappa shape index (κ1) is 7.86. The Kier molecular flexibility index (Phi) is 1.59. The van der Waals surface area contributed by atoms with Crippen LogP contribution in [0.5, 0.6) is 0 Å². The first-order valence-electron chi connectivity index (χ1n) is 4.01. The molecule has 0 saturated heterocycles. The molecule has 0 saturated carbocycles. The normalized spacial score (nSPS) is 10.5. The van der Waals surface area contributed by atoms with Gasteiger partial charge < -0.3 is 10.2 Å². The van der Waals surface area contributed by atoms with Crippen LogP contribution in [0.25, 0.3) is 11.0 Å². The number of nitrogens with one attached hydrogen (secondary N) is 1. The van der Waals surface area contributed by atoms with Crippen molar-refractivity contribution in [2.45, 2.75) is 6.92 Å². The van der Waals surface area contributed by atoms with Gasteiger partial charge in [0.25, 0.3) is 0 Å². The number of amidine groups is 1. The van der Waals surface area contributed by atoms with E-state index in [0.717, 1.165) is 22.3 Å². The third-order valence-electron chi connectivity index (χ3n) is 1.95. The summed E-state index contributed by atoms with van der Waals surface area (Å²) in [4.78, 5) is 0. The van der Waals surface area contributed by atoms with Gasteiger partial charge in [0.05, 0.1) is 0 Å². The van der Waals surface area contributed by atoms with E-state index >= 15 is 0 Å². The van der Waals surface area contributed by atoms with Gasteiger partial charge in [0, 0.05) is 10.9 Å². The molecule has 3 heteroatoms. The molecule has 0 amide bonds. The van der Waals surface area contributed by atoms with Crippen LogP contribution in [0, 0.1) is 12.3 Å². The smallest absolute Gasteiger partial charge is 0.134 e. The maximum atomic E-state index is 7.26. The molecular weight excluding hydrogens is 164 g/mol. The number of fused-ring (bicyclic) bond motifs is 1. The van der Waals surface area contributed by atoms with Crippen molar-refractivity contribution in [1.82, 2.24) is 0 Å². The average Bonchev–Trinajstić information content (AvgIpc) is 2.42. The summed E-state index contributed by atoms with van der Waals surface area (Å²) in [6.45, 7) is 1.90. The molecule has 0 aliphatic carbocycles. The lowest BCUT2D eigenvalue weighted by Crippen LogP contribution is -2.10. The van der Waals surface area contributed by atoms with Gasteiger partial charge in [-0.3, -0.25) is 5.41 Å². The Labute approximate surface area is 75.7 Å². The van der Waals surface area contributed by atoms with Gasteiger partial charge >= 0.3 is 0 Å². The lowest BCUT2D eigenvalue weighted by atomic mass is 10.1. The maximum Gasteiger partial charge on any atom is 0.134 e. The van der Waals surface area contributed by atoms with Gasteiger partial charge in [0.2, 0.25) is 0 Å². The van der Waals surface area contributed by atoms with Gasteiger partial charge in [-0.2, -0.15) is 0 Å². The average molecular weight is 174 g/mol. The van der Waals surface area contributed by atoms with Crippen LogP contribution in [0.15, 0.2) is 28.7 Å². The van der Waals surface area contributed by atoms with Gasteiger partial charge in [0.15, 0.2) is 0 Å². The largest absolute Gasteiger partial charge is 0.461 e. The molecule has 0 aliphatic heterocycles. The number of nitrogen functional groups attached to an aromatic ring is 1. The second-order valence-corrected chi connectivity index (χ2v) is 3.02. The Morgan fingerprint density at radius 1 is 1.38 bits per heavy atom. The van der Waals surface area contributed by atoms with E-state index in [1.54, 1.807) is 6.07 Å². The van der Waals surface area contributed by atoms with Crippen LogP contribution in [0.4, 0.5) is 0 Å². The standard InChI is InChI=1S/C10H10N2O/c1-6-4-8-5-7(10(11)12)2-3-9(8)13-6/h2-5H,1H3,(H3,11,12). The highest BCUT2D eigenvalue weighted by Gasteiger charge is 2.02. The zero-order valence-electron chi connectivity index (χ0n) is 7.29. The molecule has 2 aromatic rings. The zero-order valence-corrected chi connectivity index (χ0v) is 7.29. The minimum absolute atomic E-state index is 0.0840. The fourth-order valence-corrected chi connectivity index (χ4v) is 1.34. The minimum Gasteiger partial charge on any atom is -0.461 e. The molecule has 13 heavy (non-hydrogen) atoms. The fraction of sp³-hybridized carbons (Fsp3) is 0.100. The molecule has 0 fully saturated rings. The van der Waals surface area contributed by atoms with Crippen LogP contribution in [-0.4, -0.2) is 5.84 Å². The summed E-state index contributed by atoms with van der Waals surface area (Å²) in [5.74, 6) is 0.955. The maximum absolute atomic E-state index is 7.26. The molecule has 0 bridgehead atoms. The Bertz CT molecular complexity index is 471. The van der Waals surface area contributed by atoms with E-state index in [2.05, 4.69) is 0 Å². The molecular formula is C10H10N2O. The molecule has 0 atom stereocenters. The second kappa shape index (κ2) is 2.62. The summed E-state index contributed by atoms with van der Waals surface area (Å²) in [5, 5.41) is 8.26. The first-order valence-corrected chi connectivity index (χ1v) is 4.01. The van der Waals surface area contributed by atoms with Crippen molar-refractivity contribution in [1.29, 1.82) is 5.41 Å². The number of hydrogen-bond donors (Lipinski definition) is 2. The summed E-state index contributed by atoms with van der Waals surface area (Å²) >= 11 is 0. The van der Waals surface area contributed by atoms with Gasteiger partial charge in [-0.15, -0.1) is 0 Å². The molecule has 1 heterocycles. The van der Waals surface area contributed by atoms with Crippen molar-refractivity contribution < 1.29 is 4.42 Å². The lowest BCUT2D eigenvalue weighted by Gasteiger charge is -1.95. The number of furan rings is 1. The predicted molar refractivity (Wildman–Crippen MR) is 52.0 cm³/mol. The van der Waals surface area contributed by atoms with Crippen molar-refractivity contribution in [2.24, 2.45) is 5.73 Å². The van der Waals surface area contributed by atoms with Crippen LogP contribution in [0.3, 0.4) is 0 Å². The Morgan fingerprint density at radius 2 is 2.15 bits per heavy atom. The van der Waals surface area contributed by atoms with Crippen molar-refractivity contribution in [3.8, 4) is 0 Å².